The molecule has 1 saturated heterocycles. The van der Waals surface area contributed by atoms with Gasteiger partial charge >= 0.3 is 0 Å². The molecule has 0 bridgehead atoms. The highest BCUT2D eigenvalue weighted by Gasteiger charge is 2.21. The van der Waals surface area contributed by atoms with E-state index in [0.29, 0.717) is 48.3 Å². The van der Waals surface area contributed by atoms with E-state index in [-0.39, 0.29) is 17.7 Å². The first kappa shape index (κ1) is 20.1. The highest BCUT2D eigenvalue weighted by Crippen LogP contribution is 2.31. The molecule has 0 saturated carbocycles. The molecular weight excluding hydrogens is 406 g/mol. The number of ether oxygens (including phenoxy) is 1. The second kappa shape index (κ2) is 8.30. The van der Waals surface area contributed by atoms with Gasteiger partial charge < -0.3 is 25.2 Å². The predicted octanol–water partition coefficient (Wildman–Crippen LogP) is 3.94. The monoisotopic (exact) mass is 427 g/mol. The Kier molecular flexibility index (Phi) is 5.57. The van der Waals surface area contributed by atoms with Crippen LogP contribution in [0.15, 0.2) is 48.5 Å². The number of halogens is 1. The van der Waals surface area contributed by atoms with Crippen LogP contribution in [0.5, 0.6) is 11.8 Å². The Hall–Kier alpha value is -3.16. The van der Waals surface area contributed by atoms with Crippen LogP contribution < -0.4 is 10.2 Å². The van der Waals surface area contributed by atoms with Crippen LogP contribution in [0.4, 0.5) is 11.4 Å². The van der Waals surface area contributed by atoms with Crippen LogP contribution in [0.25, 0.3) is 5.69 Å². The smallest absolute Gasteiger partial charge is 0.257 e. The summed E-state index contributed by atoms with van der Waals surface area (Å²) in [6.45, 7) is 4.38. The molecule has 1 aliphatic heterocycles. The maximum atomic E-state index is 13.2. The number of hydrogen-bond donors (Lipinski definition) is 3. The van der Waals surface area contributed by atoms with E-state index in [1.54, 1.807) is 24.3 Å². The number of hydrogen-bond acceptors (Lipinski definition) is 5. The lowest BCUT2D eigenvalue weighted by Gasteiger charge is -2.30. The Morgan fingerprint density at radius 3 is 2.40 bits per heavy atom. The summed E-state index contributed by atoms with van der Waals surface area (Å²) in [6, 6.07) is 13.3. The highest BCUT2D eigenvalue weighted by molar-refractivity contribution is 6.31. The van der Waals surface area contributed by atoms with Crippen molar-refractivity contribution < 1.29 is 19.7 Å². The zero-order valence-corrected chi connectivity index (χ0v) is 17.2. The van der Waals surface area contributed by atoms with Crippen LogP contribution in [0, 0.1) is 6.92 Å². The van der Waals surface area contributed by atoms with E-state index >= 15 is 0 Å². The van der Waals surface area contributed by atoms with Crippen molar-refractivity contribution in [3.63, 3.8) is 0 Å². The van der Waals surface area contributed by atoms with E-state index in [4.69, 9.17) is 16.3 Å². The van der Waals surface area contributed by atoms with Crippen LogP contribution in [0.2, 0.25) is 5.02 Å². The molecule has 0 aliphatic carbocycles. The minimum absolute atomic E-state index is 0.122. The van der Waals surface area contributed by atoms with Crippen LogP contribution in [-0.4, -0.2) is 47.0 Å². The molecule has 7 nitrogen and oxygen atoms in total. The fourth-order valence-electron chi connectivity index (χ4n) is 3.47. The summed E-state index contributed by atoms with van der Waals surface area (Å²) in [6.07, 6.45) is 0. The SMILES string of the molecule is Cc1ccc(NC(=O)c2cc(-n3c(O)ccc3O)ccc2N2CCOCC2)cc1Cl. The van der Waals surface area contributed by atoms with Gasteiger partial charge in [-0.25, -0.2) is 0 Å². The molecule has 1 fully saturated rings. The summed E-state index contributed by atoms with van der Waals surface area (Å²) < 4.78 is 6.70. The van der Waals surface area contributed by atoms with E-state index in [1.165, 1.54) is 16.7 Å². The topological polar surface area (TPSA) is 87.0 Å². The minimum Gasteiger partial charge on any atom is -0.494 e. The molecule has 1 aliphatic rings. The molecule has 30 heavy (non-hydrogen) atoms. The minimum atomic E-state index is -0.315. The number of nitrogens with zero attached hydrogens (tertiary/aromatic N) is 2. The normalized spacial score (nSPS) is 14.0. The molecule has 0 radical (unpaired) electrons. The van der Waals surface area contributed by atoms with Crippen LogP contribution >= 0.6 is 11.6 Å². The third-order valence-electron chi connectivity index (χ3n) is 5.10. The number of aromatic nitrogens is 1. The summed E-state index contributed by atoms with van der Waals surface area (Å²) in [5.74, 6) is -0.559. The summed E-state index contributed by atoms with van der Waals surface area (Å²) in [7, 11) is 0. The van der Waals surface area contributed by atoms with Gasteiger partial charge in [0.25, 0.3) is 5.91 Å². The number of carbonyl (C=O) groups excluding carboxylic acids is 1. The first-order chi connectivity index (χ1) is 14.4. The molecule has 0 atom stereocenters. The van der Waals surface area contributed by atoms with Gasteiger partial charge in [0.05, 0.1) is 24.5 Å². The third-order valence-corrected chi connectivity index (χ3v) is 5.51. The van der Waals surface area contributed by atoms with Gasteiger partial charge in [0.1, 0.15) is 0 Å². The Morgan fingerprint density at radius 1 is 1.03 bits per heavy atom. The largest absolute Gasteiger partial charge is 0.494 e. The van der Waals surface area contributed by atoms with Gasteiger partial charge in [-0.1, -0.05) is 17.7 Å². The van der Waals surface area contributed by atoms with Crippen LogP contribution in [0.1, 0.15) is 15.9 Å². The lowest BCUT2D eigenvalue weighted by Crippen LogP contribution is -2.37. The van der Waals surface area contributed by atoms with Gasteiger partial charge in [-0.2, -0.15) is 0 Å². The summed E-state index contributed by atoms with van der Waals surface area (Å²) in [4.78, 5) is 15.3. The van der Waals surface area contributed by atoms with Gasteiger partial charge in [-0.3, -0.25) is 9.36 Å². The van der Waals surface area contributed by atoms with E-state index in [9.17, 15) is 15.0 Å². The van der Waals surface area contributed by atoms with Gasteiger partial charge in [0.2, 0.25) is 0 Å². The Balaban J connectivity index is 1.74. The molecule has 2 aromatic carbocycles. The van der Waals surface area contributed by atoms with E-state index in [0.717, 1.165) is 11.3 Å². The van der Waals surface area contributed by atoms with Crippen molar-refractivity contribution in [2.45, 2.75) is 6.92 Å². The van der Waals surface area contributed by atoms with E-state index < -0.39 is 0 Å². The molecule has 1 amide bonds. The maximum Gasteiger partial charge on any atom is 0.257 e. The molecule has 2 heterocycles. The Morgan fingerprint density at radius 2 is 1.73 bits per heavy atom. The zero-order valence-electron chi connectivity index (χ0n) is 16.4. The third kappa shape index (κ3) is 3.94. The summed E-state index contributed by atoms with van der Waals surface area (Å²) in [5.41, 5.74) is 3.14. The molecule has 0 spiro atoms. The fourth-order valence-corrected chi connectivity index (χ4v) is 3.65. The number of aromatic hydroxyl groups is 2. The number of anilines is 2. The zero-order chi connectivity index (χ0) is 21.3. The summed E-state index contributed by atoms with van der Waals surface area (Å²) in [5, 5.41) is 23.6. The van der Waals surface area contributed by atoms with Crippen LogP contribution in [0.3, 0.4) is 0 Å². The number of amides is 1. The number of aryl methyl sites for hydroxylation is 1. The van der Waals surface area contributed by atoms with Gasteiger partial charge in [0, 0.05) is 41.6 Å². The standard InChI is InChI=1S/C22H22ClN3O4/c1-14-2-3-15(12-18(14)23)24-22(29)17-13-16(26-20(27)6-7-21(26)28)4-5-19(17)25-8-10-30-11-9-25/h2-7,12-13,27-28H,8-11H2,1H3,(H,24,29). The molecule has 4 rings (SSSR count). The lowest BCUT2D eigenvalue weighted by molar-refractivity contribution is 0.102. The number of nitrogens with one attached hydrogen (secondary N) is 1. The number of carbonyl (C=O) groups is 1. The van der Waals surface area contributed by atoms with Crippen molar-refractivity contribution in [2.24, 2.45) is 0 Å². The van der Waals surface area contributed by atoms with E-state index in [2.05, 4.69) is 10.2 Å². The molecule has 1 aromatic heterocycles. The van der Waals surface area contributed by atoms with Gasteiger partial charge in [0.15, 0.2) is 11.8 Å². The molecule has 0 unspecified atom stereocenters. The molecule has 8 heteroatoms. The fraction of sp³-hybridized carbons (Fsp3) is 0.227. The van der Waals surface area contributed by atoms with Gasteiger partial charge in [-0.15, -0.1) is 0 Å². The van der Waals surface area contributed by atoms with Crippen molar-refractivity contribution >= 4 is 28.9 Å². The average molecular weight is 428 g/mol. The van der Waals surface area contributed by atoms with Crippen molar-refractivity contribution in [1.82, 2.24) is 4.57 Å². The van der Waals surface area contributed by atoms with Crippen molar-refractivity contribution in [1.29, 1.82) is 0 Å². The second-order valence-electron chi connectivity index (χ2n) is 7.10. The van der Waals surface area contributed by atoms with Gasteiger partial charge in [-0.05, 0) is 42.8 Å². The van der Waals surface area contributed by atoms with Crippen LogP contribution in [-0.2, 0) is 4.74 Å². The number of rotatable bonds is 4. The van der Waals surface area contributed by atoms with Crippen molar-refractivity contribution in [3.05, 3.63) is 64.7 Å². The van der Waals surface area contributed by atoms with E-state index in [1.807, 2.05) is 19.1 Å². The maximum absolute atomic E-state index is 13.2. The Labute approximate surface area is 179 Å². The molecule has 156 valence electrons. The molecule has 3 aromatic rings. The van der Waals surface area contributed by atoms with Crippen molar-refractivity contribution in [2.75, 3.05) is 36.5 Å². The first-order valence-corrected chi connectivity index (χ1v) is 9.96. The van der Waals surface area contributed by atoms with Crippen molar-refractivity contribution in [3.8, 4) is 17.4 Å². The quantitative estimate of drug-likeness (QED) is 0.587. The molecule has 3 N–H and O–H groups in total. The Bertz CT molecular complexity index is 1070. The second-order valence-corrected chi connectivity index (χ2v) is 7.51. The summed E-state index contributed by atoms with van der Waals surface area (Å²) >= 11 is 6.19. The average Bonchev–Trinajstić information content (AvgIpc) is 3.09. The highest BCUT2D eigenvalue weighted by atomic mass is 35.5. The number of benzene rings is 2. The first-order valence-electron chi connectivity index (χ1n) is 9.58. The predicted molar refractivity (Wildman–Crippen MR) is 116 cm³/mol. The molecular formula is C22H22ClN3O4. The lowest BCUT2D eigenvalue weighted by atomic mass is 10.1. The number of morpholine rings is 1.